The molecule has 0 unspecified atom stereocenters. The Kier molecular flexibility index (Phi) is 1.23. The van der Waals surface area contributed by atoms with Crippen LogP contribution >= 0.6 is 0 Å². The van der Waals surface area contributed by atoms with E-state index in [1.54, 1.807) is 6.07 Å². The van der Waals surface area contributed by atoms with Gasteiger partial charge in [-0.1, -0.05) is 0 Å². The Morgan fingerprint density at radius 2 is 2.46 bits per heavy atom. The Balaban J connectivity index is 2.05. The zero-order chi connectivity index (χ0) is 8.89. The highest BCUT2D eigenvalue weighted by Crippen LogP contribution is 2.50. The summed E-state index contributed by atoms with van der Waals surface area (Å²) in [5.41, 5.74) is 0.888. The van der Waals surface area contributed by atoms with E-state index in [2.05, 4.69) is 9.97 Å². The van der Waals surface area contributed by atoms with E-state index in [4.69, 9.17) is 4.74 Å². The van der Waals surface area contributed by atoms with Crippen LogP contribution in [-0.4, -0.2) is 22.7 Å². The van der Waals surface area contributed by atoms with Gasteiger partial charge in [0.05, 0.1) is 24.7 Å². The Hall–Kier alpha value is -1.16. The molecular formula is C9H10N2O2. The van der Waals surface area contributed by atoms with Crippen molar-refractivity contribution in [3.05, 3.63) is 28.4 Å². The molecule has 0 atom stereocenters. The van der Waals surface area contributed by atoms with Crippen molar-refractivity contribution < 1.29 is 4.74 Å². The molecule has 4 nitrogen and oxygen atoms in total. The maximum Gasteiger partial charge on any atom is 0.250 e. The van der Waals surface area contributed by atoms with E-state index in [1.165, 1.54) is 6.33 Å². The van der Waals surface area contributed by atoms with Crippen LogP contribution in [0.5, 0.6) is 0 Å². The largest absolute Gasteiger partial charge is 0.377 e. The molecular weight excluding hydrogens is 168 g/mol. The van der Waals surface area contributed by atoms with E-state index in [1.807, 2.05) is 0 Å². The van der Waals surface area contributed by atoms with E-state index in [0.29, 0.717) is 6.10 Å². The summed E-state index contributed by atoms with van der Waals surface area (Å²) in [6.07, 6.45) is 3.95. The predicted molar refractivity (Wildman–Crippen MR) is 45.5 cm³/mol. The number of hydrogen-bond acceptors (Lipinski definition) is 3. The number of ether oxygens (including phenoxy) is 1. The number of aromatic nitrogens is 2. The number of aromatic amines is 1. The highest BCUT2D eigenvalue weighted by atomic mass is 16.5. The molecule has 0 aromatic carbocycles. The summed E-state index contributed by atoms with van der Waals surface area (Å²) >= 11 is 0. The first-order valence-electron chi connectivity index (χ1n) is 4.45. The number of nitrogens with zero attached hydrogens (tertiary/aromatic N) is 1. The van der Waals surface area contributed by atoms with Gasteiger partial charge in [0.2, 0.25) is 0 Å². The van der Waals surface area contributed by atoms with Gasteiger partial charge in [-0.2, -0.15) is 0 Å². The smallest absolute Gasteiger partial charge is 0.250 e. The predicted octanol–water partition coefficient (Wildman–Crippen LogP) is 0.200. The molecule has 3 heterocycles. The van der Waals surface area contributed by atoms with Crippen LogP contribution in [0.25, 0.3) is 0 Å². The standard InChI is InChI=1S/C9H10N2O2/c12-8-1-7(10-5-11-8)9-2-6(3-9)13-4-9/h1,5-6H,2-4H2,(H,10,11,12). The van der Waals surface area contributed by atoms with Crippen molar-refractivity contribution in [2.45, 2.75) is 24.4 Å². The molecule has 2 saturated heterocycles. The summed E-state index contributed by atoms with van der Waals surface area (Å²) < 4.78 is 5.47. The molecule has 1 saturated carbocycles. The molecule has 3 fully saturated rings. The van der Waals surface area contributed by atoms with Crippen LogP contribution in [0, 0.1) is 0 Å². The van der Waals surface area contributed by atoms with Gasteiger partial charge in [-0.3, -0.25) is 4.79 Å². The van der Waals surface area contributed by atoms with E-state index >= 15 is 0 Å². The minimum Gasteiger partial charge on any atom is -0.377 e. The van der Waals surface area contributed by atoms with Crippen molar-refractivity contribution in [3.63, 3.8) is 0 Å². The number of hydrogen-bond donors (Lipinski definition) is 1. The van der Waals surface area contributed by atoms with E-state index in [9.17, 15) is 4.79 Å². The molecule has 1 N–H and O–H groups in total. The molecule has 0 amide bonds. The lowest BCUT2D eigenvalue weighted by molar-refractivity contribution is 0.122. The van der Waals surface area contributed by atoms with Gasteiger partial charge in [-0.15, -0.1) is 0 Å². The van der Waals surface area contributed by atoms with Crippen LogP contribution in [0.2, 0.25) is 0 Å². The highest BCUT2D eigenvalue weighted by Gasteiger charge is 2.53. The molecule has 3 aliphatic rings. The first-order chi connectivity index (χ1) is 6.28. The average molecular weight is 178 g/mol. The summed E-state index contributed by atoms with van der Waals surface area (Å²) in [7, 11) is 0. The van der Waals surface area contributed by atoms with Gasteiger partial charge < -0.3 is 9.72 Å². The Morgan fingerprint density at radius 1 is 1.62 bits per heavy atom. The van der Waals surface area contributed by atoms with Crippen LogP contribution in [-0.2, 0) is 10.2 Å². The SMILES string of the molecule is O=c1cc(C23COC(C2)C3)nc[nH]1. The highest BCUT2D eigenvalue weighted by molar-refractivity contribution is 5.24. The zero-order valence-electron chi connectivity index (χ0n) is 7.12. The van der Waals surface area contributed by atoms with Gasteiger partial charge in [0, 0.05) is 11.5 Å². The van der Waals surface area contributed by atoms with Crippen molar-refractivity contribution >= 4 is 0 Å². The zero-order valence-corrected chi connectivity index (χ0v) is 7.12. The second-order valence-corrected chi connectivity index (χ2v) is 3.92. The van der Waals surface area contributed by atoms with Crippen LogP contribution < -0.4 is 5.56 Å². The lowest BCUT2D eigenvalue weighted by Gasteiger charge is -2.34. The maximum atomic E-state index is 11.1. The Morgan fingerprint density at radius 3 is 3.08 bits per heavy atom. The van der Waals surface area contributed by atoms with Gasteiger partial charge >= 0.3 is 0 Å². The average Bonchev–Trinajstić information content (AvgIpc) is 2.61. The third-order valence-corrected chi connectivity index (χ3v) is 3.05. The van der Waals surface area contributed by atoms with Crippen molar-refractivity contribution in [1.29, 1.82) is 0 Å². The van der Waals surface area contributed by atoms with Crippen LogP contribution in [0.1, 0.15) is 18.5 Å². The maximum absolute atomic E-state index is 11.1. The van der Waals surface area contributed by atoms with Gasteiger partial charge in [0.25, 0.3) is 5.56 Å². The third kappa shape index (κ3) is 0.891. The lowest BCUT2D eigenvalue weighted by Crippen LogP contribution is -2.38. The summed E-state index contributed by atoms with van der Waals surface area (Å²) in [6, 6.07) is 1.59. The molecule has 4 heteroatoms. The number of rotatable bonds is 1. The van der Waals surface area contributed by atoms with Gasteiger partial charge in [0.15, 0.2) is 0 Å². The molecule has 2 aliphatic heterocycles. The normalized spacial score (nSPS) is 35.8. The fourth-order valence-corrected chi connectivity index (χ4v) is 2.27. The monoisotopic (exact) mass is 178 g/mol. The van der Waals surface area contributed by atoms with E-state index in [0.717, 1.165) is 25.1 Å². The first kappa shape index (κ1) is 7.26. The minimum atomic E-state index is -0.0743. The number of nitrogens with one attached hydrogen (secondary N) is 1. The molecule has 2 bridgehead atoms. The van der Waals surface area contributed by atoms with Crippen LogP contribution in [0.3, 0.4) is 0 Å². The third-order valence-electron chi connectivity index (χ3n) is 3.05. The first-order valence-corrected chi connectivity index (χ1v) is 4.45. The van der Waals surface area contributed by atoms with Gasteiger partial charge in [0.1, 0.15) is 0 Å². The van der Waals surface area contributed by atoms with Gasteiger partial charge in [-0.25, -0.2) is 4.98 Å². The van der Waals surface area contributed by atoms with Crippen LogP contribution in [0.15, 0.2) is 17.2 Å². The van der Waals surface area contributed by atoms with Crippen LogP contribution in [0.4, 0.5) is 0 Å². The minimum absolute atomic E-state index is 0.0684. The quantitative estimate of drug-likeness (QED) is 0.668. The molecule has 0 spiro atoms. The number of fused-ring (bicyclic) bond motifs is 1. The Bertz CT molecular complexity index is 387. The van der Waals surface area contributed by atoms with E-state index in [-0.39, 0.29) is 11.0 Å². The lowest BCUT2D eigenvalue weighted by atomic mass is 9.68. The van der Waals surface area contributed by atoms with E-state index < -0.39 is 0 Å². The summed E-state index contributed by atoms with van der Waals surface area (Å²) in [5.74, 6) is 0. The fourth-order valence-electron chi connectivity index (χ4n) is 2.27. The molecule has 1 aromatic rings. The second kappa shape index (κ2) is 2.20. The molecule has 4 rings (SSSR count). The summed E-state index contributed by atoms with van der Waals surface area (Å²) in [5, 5.41) is 0. The van der Waals surface area contributed by atoms with Gasteiger partial charge in [-0.05, 0) is 12.8 Å². The molecule has 1 aliphatic carbocycles. The van der Waals surface area contributed by atoms with Crippen molar-refractivity contribution in [2.24, 2.45) is 0 Å². The second-order valence-electron chi connectivity index (χ2n) is 3.92. The van der Waals surface area contributed by atoms with Crippen molar-refractivity contribution in [3.8, 4) is 0 Å². The fraction of sp³-hybridized carbons (Fsp3) is 0.556. The topological polar surface area (TPSA) is 55.0 Å². The molecule has 0 radical (unpaired) electrons. The molecule has 13 heavy (non-hydrogen) atoms. The molecule has 1 aromatic heterocycles. The van der Waals surface area contributed by atoms with Crippen molar-refractivity contribution in [1.82, 2.24) is 9.97 Å². The molecule has 68 valence electrons. The number of H-pyrrole nitrogens is 1. The summed E-state index contributed by atoms with van der Waals surface area (Å²) in [4.78, 5) is 17.8. The van der Waals surface area contributed by atoms with Crippen molar-refractivity contribution in [2.75, 3.05) is 6.61 Å². The summed E-state index contributed by atoms with van der Waals surface area (Å²) in [6.45, 7) is 0.730. The Labute approximate surface area is 75.0 Å².